The Bertz CT molecular complexity index is 1080. The van der Waals surface area contributed by atoms with Crippen molar-refractivity contribution in [3.8, 4) is 5.75 Å². The summed E-state index contributed by atoms with van der Waals surface area (Å²) in [5.41, 5.74) is 1.09. The standard InChI is InChI=1S/C24H25ClN2O3S/c1-30-17-12-10-16(11-13-17)19-8-3-2-6-14-27(19)21(28)15-26-24(29)23-22(25)18-7-4-5-9-20(18)31-23/h4-5,7,9-13,19H,2-3,6,8,14-15H2,1H3,(H,26,29). The Morgan fingerprint density at radius 2 is 1.90 bits per heavy atom. The highest BCUT2D eigenvalue weighted by atomic mass is 35.5. The van der Waals surface area contributed by atoms with Gasteiger partial charge in [-0.15, -0.1) is 11.3 Å². The number of halogens is 1. The van der Waals surface area contributed by atoms with E-state index >= 15 is 0 Å². The van der Waals surface area contributed by atoms with Crippen LogP contribution in [0.3, 0.4) is 0 Å². The summed E-state index contributed by atoms with van der Waals surface area (Å²) in [5, 5.41) is 4.08. The van der Waals surface area contributed by atoms with Crippen LogP contribution in [0.5, 0.6) is 5.75 Å². The van der Waals surface area contributed by atoms with Gasteiger partial charge in [0.25, 0.3) is 5.91 Å². The topological polar surface area (TPSA) is 58.6 Å². The van der Waals surface area contributed by atoms with E-state index < -0.39 is 0 Å². The Kier molecular flexibility index (Phi) is 6.78. The molecule has 0 bridgehead atoms. The minimum absolute atomic E-state index is 0.00530. The zero-order chi connectivity index (χ0) is 21.8. The molecular formula is C24H25ClN2O3S. The molecule has 4 rings (SSSR count). The predicted molar refractivity (Wildman–Crippen MR) is 125 cm³/mol. The molecule has 1 aromatic heterocycles. The number of nitrogens with one attached hydrogen (secondary N) is 1. The minimum Gasteiger partial charge on any atom is -0.497 e. The number of likely N-dealkylation sites (tertiary alicyclic amines) is 1. The van der Waals surface area contributed by atoms with Crippen LogP contribution in [0.25, 0.3) is 10.1 Å². The van der Waals surface area contributed by atoms with E-state index in [1.165, 1.54) is 11.3 Å². The molecule has 162 valence electrons. The Morgan fingerprint density at radius 3 is 2.65 bits per heavy atom. The number of methoxy groups -OCH3 is 1. The zero-order valence-corrected chi connectivity index (χ0v) is 19.0. The first-order chi connectivity index (χ1) is 15.1. The highest BCUT2D eigenvalue weighted by molar-refractivity contribution is 7.21. The van der Waals surface area contributed by atoms with Crippen molar-refractivity contribution in [3.05, 3.63) is 64.0 Å². The summed E-state index contributed by atoms with van der Waals surface area (Å²) < 4.78 is 6.21. The lowest BCUT2D eigenvalue weighted by Crippen LogP contribution is -2.42. The third-order valence-corrected chi connectivity index (χ3v) is 7.39. The number of carbonyl (C=O) groups excluding carboxylic acids is 2. The van der Waals surface area contributed by atoms with E-state index in [0.29, 0.717) is 16.4 Å². The maximum absolute atomic E-state index is 13.1. The molecule has 0 spiro atoms. The number of hydrogen-bond acceptors (Lipinski definition) is 4. The van der Waals surface area contributed by atoms with Gasteiger partial charge in [0.15, 0.2) is 0 Å². The highest BCUT2D eigenvalue weighted by Crippen LogP contribution is 2.35. The number of rotatable bonds is 5. The number of hydrogen-bond donors (Lipinski definition) is 1. The molecule has 31 heavy (non-hydrogen) atoms. The van der Waals surface area contributed by atoms with Gasteiger partial charge in [0.05, 0.1) is 24.7 Å². The lowest BCUT2D eigenvalue weighted by Gasteiger charge is -2.30. The average molecular weight is 457 g/mol. The molecule has 0 radical (unpaired) electrons. The van der Waals surface area contributed by atoms with Crippen molar-refractivity contribution in [3.63, 3.8) is 0 Å². The Labute approximate surface area is 191 Å². The van der Waals surface area contributed by atoms with Gasteiger partial charge in [-0.2, -0.15) is 0 Å². The van der Waals surface area contributed by atoms with Crippen LogP contribution >= 0.6 is 22.9 Å². The molecule has 1 fully saturated rings. The quantitative estimate of drug-likeness (QED) is 0.556. The monoisotopic (exact) mass is 456 g/mol. The van der Waals surface area contributed by atoms with E-state index in [2.05, 4.69) is 5.32 Å². The molecule has 1 saturated heterocycles. The first kappa shape index (κ1) is 21.7. The largest absolute Gasteiger partial charge is 0.497 e. The second-order valence-corrected chi connectivity index (χ2v) is 9.08. The Morgan fingerprint density at radius 1 is 1.13 bits per heavy atom. The summed E-state index contributed by atoms with van der Waals surface area (Å²) in [4.78, 5) is 28.2. The molecule has 1 aliphatic heterocycles. The van der Waals surface area contributed by atoms with Crippen molar-refractivity contribution in [2.24, 2.45) is 0 Å². The van der Waals surface area contributed by atoms with Crippen LogP contribution in [0.1, 0.15) is 47.0 Å². The molecule has 1 N–H and O–H groups in total. The first-order valence-electron chi connectivity index (χ1n) is 10.5. The molecule has 2 heterocycles. The second-order valence-electron chi connectivity index (χ2n) is 7.65. The molecule has 1 aliphatic rings. The summed E-state index contributed by atoms with van der Waals surface area (Å²) in [6.45, 7) is 0.644. The van der Waals surface area contributed by atoms with Crippen molar-refractivity contribution in [2.75, 3.05) is 20.2 Å². The van der Waals surface area contributed by atoms with Gasteiger partial charge in [-0.1, -0.05) is 54.8 Å². The molecule has 2 aromatic carbocycles. The fourth-order valence-electron chi connectivity index (χ4n) is 4.08. The number of thiophene rings is 1. The second kappa shape index (κ2) is 9.71. The van der Waals surface area contributed by atoms with Gasteiger partial charge in [-0.25, -0.2) is 0 Å². The summed E-state index contributed by atoms with van der Waals surface area (Å²) in [5.74, 6) is 0.409. The van der Waals surface area contributed by atoms with Crippen LogP contribution in [0.2, 0.25) is 5.02 Å². The fraction of sp³-hybridized carbons (Fsp3) is 0.333. The smallest absolute Gasteiger partial charge is 0.263 e. The Balaban J connectivity index is 1.47. The van der Waals surface area contributed by atoms with Crippen molar-refractivity contribution in [2.45, 2.75) is 31.7 Å². The zero-order valence-electron chi connectivity index (χ0n) is 17.4. The molecule has 0 saturated carbocycles. The highest BCUT2D eigenvalue weighted by Gasteiger charge is 2.27. The number of fused-ring (bicyclic) bond motifs is 1. The van der Waals surface area contributed by atoms with Gasteiger partial charge in [0.1, 0.15) is 10.6 Å². The number of ether oxygens (including phenoxy) is 1. The van der Waals surface area contributed by atoms with Gasteiger partial charge in [0, 0.05) is 16.6 Å². The summed E-state index contributed by atoms with van der Waals surface area (Å²) in [6, 6.07) is 15.5. The molecule has 3 aromatic rings. The van der Waals surface area contributed by atoms with Gasteiger partial charge < -0.3 is 15.0 Å². The fourth-order valence-corrected chi connectivity index (χ4v) is 5.51. The molecular weight excluding hydrogens is 432 g/mol. The number of nitrogens with zero attached hydrogens (tertiary/aromatic N) is 1. The normalized spacial score (nSPS) is 16.7. The first-order valence-corrected chi connectivity index (χ1v) is 11.7. The molecule has 1 atom stereocenters. The summed E-state index contributed by atoms with van der Waals surface area (Å²) in [6.07, 6.45) is 4.05. The van der Waals surface area contributed by atoms with E-state index in [4.69, 9.17) is 16.3 Å². The van der Waals surface area contributed by atoms with E-state index in [9.17, 15) is 9.59 Å². The summed E-state index contributed by atoms with van der Waals surface area (Å²) in [7, 11) is 1.64. The van der Waals surface area contributed by atoms with Crippen LogP contribution < -0.4 is 10.1 Å². The van der Waals surface area contributed by atoms with Crippen LogP contribution in [0, 0.1) is 0 Å². The third-order valence-electron chi connectivity index (χ3n) is 5.72. The number of carbonyl (C=O) groups is 2. The van der Waals surface area contributed by atoms with Crippen molar-refractivity contribution in [1.82, 2.24) is 10.2 Å². The molecule has 2 amide bonds. The van der Waals surface area contributed by atoms with Crippen molar-refractivity contribution < 1.29 is 14.3 Å². The van der Waals surface area contributed by atoms with Gasteiger partial charge in [-0.05, 0) is 36.6 Å². The van der Waals surface area contributed by atoms with Gasteiger partial charge >= 0.3 is 0 Å². The summed E-state index contributed by atoms with van der Waals surface area (Å²) >= 11 is 7.75. The maximum Gasteiger partial charge on any atom is 0.263 e. The molecule has 7 heteroatoms. The van der Waals surface area contributed by atoms with Crippen LogP contribution in [0.15, 0.2) is 48.5 Å². The third kappa shape index (κ3) is 4.70. The number of amides is 2. The van der Waals surface area contributed by atoms with Crippen molar-refractivity contribution >= 4 is 44.8 Å². The van der Waals surface area contributed by atoms with Crippen LogP contribution in [-0.4, -0.2) is 36.9 Å². The lowest BCUT2D eigenvalue weighted by atomic mass is 10.0. The molecule has 1 unspecified atom stereocenters. The van der Waals surface area contributed by atoms with E-state index in [1.807, 2.05) is 53.4 Å². The van der Waals surface area contributed by atoms with E-state index in [1.54, 1.807) is 7.11 Å². The number of benzene rings is 2. The molecule has 5 nitrogen and oxygen atoms in total. The predicted octanol–water partition coefficient (Wildman–Crippen LogP) is 5.44. The Hall–Kier alpha value is -2.57. The van der Waals surface area contributed by atoms with Crippen molar-refractivity contribution in [1.29, 1.82) is 0 Å². The van der Waals surface area contributed by atoms with Crippen LogP contribution in [-0.2, 0) is 4.79 Å². The molecule has 0 aliphatic carbocycles. The van der Waals surface area contributed by atoms with E-state index in [0.717, 1.165) is 47.1 Å². The van der Waals surface area contributed by atoms with Gasteiger partial charge in [0.2, 0.25) is 5.91 Å². The average Bonchev–Trinajstić information content (AvgIpc) is 2.98. The van der Waals surface area contributed by atoms with E-state index in [-0.39, 0.29) is 24.4 Å². The van der Waals surface area contributed by atoms with Gasteiger partial charge in [-0.3, -0.25) is 9.59 Å². The maximum atomic E-state index is 13.1. The SMILES string of the molecule is COc1ccc(C2CCCCCN2C(=O)CNC(=O)c2sc3ccccc3c2Cl)cc1. The lowest BCUT2D eigenvalue weighted by molar-refractivity contribution is -0.132. The minimum atomic E-state index is -0.310. The van der Waals surface area contributed by atoms with Crippen LogP contribution in [0.4, 0.5) is 0 Å².